The Labute approximate surface area is 155 Å². The lowest BCUT2D eigenvalue weighted by Crippen LogP contribution is -2.19. The van der Waals surface area contributed by atoms with Crippen LogP contribution >= 0.6 is 0 Å². The Hall–Kier alpha value is -2.74. The maximum Gasteiger partial charge on any atom is 0.422 e. The van der Waals surface area contributed by atoms with Crippen molar-refractivity contribution >= 4 is 5.91 Å². The fourth-order valence-electron chi connectivity index (χ4n) is 2.40. The first-order valence-electron chi connectivity index (χ1n) is 8.33. The maximum absolute atomic E-state index is 12.3. The number of rotatable bonds is 9. The Kier molecular flexibility index (Phi) is 7.06. The summed E-state index contributed by atoms with van der Waals surface area (Å²) in [6, 6.07) is 11.7. The number of benzene rings is 2. The number of amides is 1. The van der Waals surface area contributed by atoms with E-state index in [0.29, 0.717) is 25.3 Å². The zero-order valence-corrected chi connectivity index (χ0v) is 14.8. The standard InChI is InChI=1S/C19H21F3N2O3/c1-2-26-17-9-14(6-7-16(17)27-12-19(20,21)22)11-24-10-13-4-3-5-15(8-13)18(23)25/h3-9,24H,2,10-12H2,1H3,(H2,23,25). The summed E-state index contributed by atoms with van der Waals surface area (Å²) in [5.41, 5.74) is 7.40. The number of nitrogens with two attached hydrogens (primary N) is 1. The molecule has 0 aliphatic carbocycles. The van der Waals surface area contributed by atoms with Crippen LogP contribution in [0.2, 0.25) is 0 Å². The fraction of sp³-hybridized carbons (Fsp3) is 0.316. The molecule has 5 nitrogen and oxygen atoms in total. The highest BCUT2D eigenvalue weighted by Crippen LogP contribution is 2.30. The lowest BCUT2D eigenvalue weighted by molar-refractivity contribution is -0.153. The molecule has 3 N–H and O–H groups in total. The molecule has 0 aromatic heterocycles. The summed E-state index contributed by atoms with van der Waals surface area (Å²) in [5, 5.41) is 3.20. The third-order valence-electron chi connectivity index (χ3n) is 3.57. The summed E-state index contributed by atoms with van der Waals surface area (Å²) in [5.74, 6) is -0.184. The van der Waals surface area contributed by atoms with E-state index in [1.807, 2.05) is 6.07 Å². The fourth-order valence-corrected chi connectivity index (χ4v) is 2.40. The van der Waals surface area contributed by atoms with E-state index in [1.54, 1.807) is 37.3 Å². The molecule has 0 saturated carbocycles. The van der Waals surface area contributed by atoms with Crippen LogP contribution in [0.4, 0.5) is 13.2 Å². The summed E-state index contributed by atoms with van der Waals surface area (Å²) in [6.45, 7) is 1.63. The second-order valence-corrected chi connectivity index (χ2v) is 5.79. The zero-order valence-electron chi connectivity index (χ0n) is 14.8. The van der Waals surface area contributed by atoms with Crippen LogP contribution in [-0.4, -0.2) is 25.3 Å². The van der Waals surface area contributed by atoms with E-state index < -0.39 is 18.7 Å². The minimum Gasteiger partial charge on any atom is -0.490 e. The monoisotopic (exact) mass is 382 g/mol. The number of halogens is 3. The van der Waals surface area contributed by atoms with Gasteiger partial charge in [0.2, 0.25) is 5.91 Å². The van der Waals surface area contributed by atoms with Gasteiger partial charge in [-0.05, 0) is 42.3 Å². The van der Waals surface area contributed by atoms with Crippen molar-refractivity contribution in [2.24, 2.45) is 5.73 Å². The molecule has 8 heteroatoms. The molecule has 0 atom stereocenters. The van der Waals surface area contributed by atoms with Gasteiger partial charge in [-0.25, -0.2) is 0 Å². The van der Waals surface area contributed by atoms with Crippen LogP contribution in [0, 0.1) is 0 Å². The molecule has 0 spiro atoms. The number of ether oxygens (including phenoxy) is 2. The van der Waals surface area contributed by atoms with E-state index in [0.717, 1.165) is 11.1 Å². The number of nitrogens with one attached hydrogen (secondary N) is 1. The van der Waals surface area contributed by atoms with Crippen LogP contribution in [0.25, 0.3) is 0 Å². The lowest BCUT2D eigenvalue weighted by Gasteiger charge is -2.15. The van der Waals surface area contributed by atoms with E-state index in [2.05, 4.69) is 5.32 Å². The van der Waals surface area contributed by atoms with E-state index >= 15 is 0 Å². The van der Waals surface area contributed by atoms with Crippen molar-refractivity contribution in [3.63, 3.8) is 0 Å². The zero-order chi connectivity index (χ0) is 19.9. The lowest BCUT2D eigenvalue weighted by atomic mass is 10.1. The van der Waals surface area contributed by atoms with Crippen molar-refractivity contribution in [2.45, 2.75) is 26.2 Å². The summed E-state index contributed by atoms with van der Waals surface area (Å²) in [7, 11) is 0. The third-order valence-corrected chi connectivity index (χ3v) is 3.57. The van der Waals surface area contributed by atoms with Gasteiger partial charge in [0, 0.05) is 18.7 Å². The summed E-state index contributed by atoms with van der Waals surface area (Å²) < 4.78 is 47.2. The normalized spacial score (nSPS) is 11.3. The predicted molar refractivity (Wildman–Crippen MR) is 94.7 cm³/mol. The molecule has 2 rings (SSSR count). The van der Waals surface area contributed by atoms with Crippen molar-refractivity contribution in [1.29, 1.82) is 0 Å². The molecule has 2 aromatic rings. The minimum absolute atomic E-state index is 0.0482. The van der Waals surface area contributed by atoms with Crippen LogP contribution in [0.3, 0.4) is 0 Å². The molecule has 27 heavy (non-hydrogen) atoms. The van der Waals surface area contributed by atoms with Gasteiger partial charge in [-0.2, -0.15) is 13.2 Å². The van der Waals surface area contributed by atoms with Gasteiger partial charge in [0.15, 0.2) is 18.1 Å². The molecule has 0 fully saturated rings. The van der Waals surface area contributed by atoms with Crippen molar-refractivity contribution in [1.82, 2.24) is 5.32 Å². The van der Waals surface area contributed by atoms with Crippen LogP contribution in [0.1, 0.15) is 28.4 Å². The highest BCUT2D eigenvalue weighted by molar-refractivity contribution is 5.92. The molecule has 146 valence electrons. The molecule has 0 unspecified atom stereocenters. The summed E-state index contributed by atoms with van der Waals surface area (Å²) >= 11 is 0. The van der Waals surface area contributed by atoms with Gasteiger partial charge in [-0.15, -0.1) is 0 Å². The summed E-state index contributed by atoms with van der Waals surface area (Å²) in [6.07, 6.45) is -4.41. The van der Waals surface area contributed by atoms with Crippen molar-refractivity contribution in [3.8, 4) is 11.5 Å². The minimum atomic E-state index is -4.41. The smallest absolute Gasteiger partial charge is 0.422 e. The van der Waals surface area contributed by atoms with Gasteiger partial charge in [0.25, 0.3) is 0 Å². The molecule has 2 aromatic carbocycles. The highest BCUT2D eigenvalue weighted by Gasteiger charge is 2.29. The molecule has 0 aliphatic heterocycles. The van der Waals surface area contributed by atoms with Crippen LogP contribution in [0.5, 0.6) is 11.5 Å². The third kappa shape index (κ3) is 6.82. The maximum atomic E-state index is 12.3. The van der Waals surface area contributed by atoms with E-state index in [-0.39, 0.29) is 11.5 Å². The Morgan fingerprint density at radius 3 is 2.37 bits per heavy atom. The molecular weight excluding hydrogens is 361 g/mol. The van der Waals surface area contributed by atoms with Crippen LogP contribution in [0.15, 0.2) is 42.5 Å². The second-order valence-electron chi connectivity index (χ2n) is 5.79. The predicted octanol–water partition coefficient (Wildman–Crippen LogP) is 3.42. The summed E-state index contributed by atoms with van der Waals surface area (Å²) in [4.78, 5) is 11.2. The van der Waals surface area contributed by atoms with E-state index in [4.69, 9.17) is 15.2 Å². The first kappa shape index (κ1) is 20.6. The number of alkyl halides is 3. The molecular formula is C19H21F3N2O3. The first-order chi connectivity index (χ1) is 12.8. The largest absolute Gasteiger partial charge is 0.490 e. The molecule has 0 radical (unpaired) electrons. The van der Waals surface area contributed by atoms with E-state index in [9.17, 15) is 18.0 Å². The molecule has 0 heterocycles. The van der Waals surface area contributed by atoms with Gasteiger partial charge in [-0.1, -0.05) is 18.2 Å². The second kappa shape index (κ2) is 9.27. The Balaban J connectivity index is 1.99. The highest BCUT2D eigenvalue weighted by atomic mass is 19.4. The molecule has 0 bridgehead atoms. The number of primary amides is 1. The van der Waals surface area contributed by atoms with Crippen LogP contribution in [-0.2, 0) is 13.1 Å². The van der Waals surface area contributed by atoms with Gasteiger partial charge in [0.1, 0.15) is 0 Å². The van der Waals surface area contributed by atoms with Gasteiger partial charge in [0.05, 0.1) is 6.61 Å². The number of carbonyl (C=O) groups is 1. The number of carbonyl (C=O) groups excluding carboxylic acids is 1. The van der Waals surface area contributed by atoms with Gasteiger partial charge < -0.3 is 20.5 Å². The molecule has 0 aliphatic rings. The Bertz CT molecular complexity index is 779. The van der Waals surface area contributed by atoms with Crippen molar-refractivity contribution < 1.29 is 27.4 Å². The number of hydrogen-bond acceptors (Lipinski definition) is 4. The van der Waals surface area contributed by atoms with Gasteiger partial charge >= 0.3 is 6.18 Å². The van der Waals surface area contributed by atoms with Gasteiger partial charge in [-0.3, -0.25) is 4.79 Å². The molecule has 1 amide bonds. The Morgan fingerprint density at radius 2 is 1.74 bits per heavy atom. The van der Waals surface area contributed by atoms with E-state index in [1.165, 1.54) is 6.07 Å². The average molecular weight is 382 g/mol. The quantitative estimate of drug-likeness (QED) is 0.697. The number of hydrogen-bond donors (Lipinski definition) is 2. The average Bonchev–Trinajstić information content (AvgIpc) is 2.61. The van der Waals surface area contributed by atoms with Crippen molar-refractivity contribution in [2.75, 3.05) is 13.2 Å². The van der Waals surface area contributed by atoms with Crippen molar-refractivity contribution in [3.05, 3.63) is 59.2 Å². The SMILES string of the molecule is CCOc1cc(CNCc2cccc(C(N)=O)c2)ccc1OCC(F)(F)F. The first-order valence-corrected chi connectivity index (χ1v) is 8.33. The van der Waals surface area contributed by atoms with Crippen LogP contribution < -0.4 is 20.5 Å². The topological polar surface area (TPSA) is 73.6 Å². The Morgan fingerprint density at radius 1 is 1.04 bits per heavy atom. The molecule has 0 saturated heterocycles.